The minimum absolute atomic E-state index is 0.826. The van der Waals surface area contributed by atoms with E-state index in [9.17, 15) is 0 Å². The molecule has 1 aromatic carbocycles. The summed E-state index contributed by atoms with van der Waals surface area (Å²) in [6.45, 7) is 2.09. The SMILES string of the molecule is Cn1ccs/c1=N/C(=N/c1ccccc1)N1CCCC1. The fourth-order valence-electron chi connectivity index (χ4n) is 2.22. The molecule has 3 rings (SSSR count). The molecule has 1 saturated heterocycles. The Morgan fingerprint density at radius 1 is 1.15 bits per heavy atom. The largest absolute Gasteiger partial charge is 0.341 e. The van der Waals surface area contributed by atoms with Crippen molar-refractivity contribution in [1.82, 2.24) is 9.47 Å². The fourth-order valence-corrected chi connectivity index (χ4v) is 2.95. The average Bonchev–Trinajstić information content (AvgIpc) is 3.12. The number of nitrogens with zero attached hydrogens (tertiary/aromatic N) is 4. The third-order valence-corrected chi connectivity index (χ3v) is 4.18. The van der Waals surface area contributed by atoms with Crippen molar-refractivity contribution in [3.8, 4) is 0 Å². The molecule has 0 unspecified atom stereocenters. The first-order chi connectivity index (χ1) is 9.83. The zero-order chi connectivity index (χ0) is 13.8. The Kier molecular flexibility index (Phi) is 3.97. The second kappa shape index (κ2) is 6.05. The lowest BCUT2D eigenvalue weighted by molar-refractivity contribution is 0.512. The minimum atomic E-state index is 0.826. The van der Waals surface area contributed by atoms with Crippen molar-refractivity contribution in [2.45, 2.75) is 12.8 Å². The van der Waals surface area contributed by atoms with Crippen molar-refractivity contribution in [3.05, 3.63) is 46.7 Å². The fraction of sp³-hybridized carbons (Fsp3) is 0.333. The van der Waals surface area contributed by atoms with Crippen LogP contribution >= 0.6 is 11.3 Å². The quantitative estimate of drug-likeness (QED) is 0.586. The molecule has 0 N–H and O–H groups in total. The van der Waals surface area contributed by atoms with Crippen LogP contribution < -0.4 is 4.80 Å². The number of guanidine groups is 1. The van der Waals surface area contributed by atoms with E-state index in [0.29, 0.717) is 0 Å². The third kappa shape index (κ3) is 2.99. The predicted molar refractivity (Wildman–Crippen MR) is 83.2 cm³/mol. The lowest BCUT2D eigenvalue weighted by Crippen LogP contribution is -2.28. The van der Waals surface area contributed by atoms with Gasteiger partial charge in [0.1, 0.15) is 0 Å². The van der Waals surface area contributed by atoms with E-state index in [1.165, 1.54) is 12.8 Å². The summed E-state index contributed by atoms with van der Waals surface area (Å²) in [7, 11) is 2.01. The van der Waals surface area contributed by atoms with Crippen LogP contribution in [-0.2, 0) is 7.05 Å². The van der Waals surface area contributed by atoms with Crippen LogP contribution in [0.15, 0.2) is 51.9 Å². The molecule has 0 spiro atoms. The molecule has 1 aliphatic heterocycles. The summed E-state index contributed by atoms with van der Waals surface area (Å²) >= 11 is 1.64. The van der Waals surface area contributed by atoms with Gasteiger partial charge in [-0.05, 0) is 25.0 Å². The van der Waals surface area contributed by atoms with E-state index in [1.807, 2.05) is 53.5 Å². The molecule has 0 radical (unpaired) electrons. The maximum atomic E-state index is 4.75. The Morgan fingerprint density at radius 3 is 2.55 bits per heavy atom. The third-order valence-electron chi connectivity index (χ3n) is 3.33. The van der Waals surface area contributed by atoms with Gasteiger partial charge in [-0.3, -0.25) is 0 Å². The number of likely N-dealkylation sites (tertiary alicyclic amines) is 1. The van der Waals surface area contributed by atoms with Gasteiger partial charge in [-0.2, -0.15) is 4.99 Å². The molecular weight excluding hydrogens is 268 g/mol. The lowest BCUT2D eigenvalue weighted by atomic mass is 10.3. The van der Waals surface area contributed by atoms with E-state index in [0.717, 1.165) is 29.5 Å². The molecule has 0 saturated carbocycles. The molecule has 1 fully saturated rings. The summed E-state index contributed by atoms with van der Waals surface area (Å²) < 4.78 is 2.03. The maximum Gasteiger partial charge on any atom is 0.228 e. The molecule has 5 heteroatoms. The van der Waals surface area contributed by atoms with Gasteiger partial charge in [-0.15, -0.1) is 11.3 Å². The number of aliphatic imine (C=N–C) groups is 1. The van der Waals surface area contributed by atoms with E-state index >= 15 is 0 Å². The van der Waals surface area contributed by atoms with Crippen LogP contribution in [0.5, 0.6) is 0 Å². The van der Waals surface area contributed by atoms with E-state index in [1.54, 1.807) is 11.3 Å². The Morgan fingerprint density at radius 2 is 1.90 bits per heavy atom. The summed E-state index contributed by atoms with van der Waals surface area (Å²) in [6.07, 6.45) is 4.47. The van der Waals surface area contributed by atoms with Crippen LogP contribution in [-0.4, -0.2) is 28.5 Å². The molecule has 20 heavy (non-hydrogen) atoms. The van der Waals surface area contributed by atoms with Crippen molar-refractivity contribution >= 4 is 23.0 Å². The van der Waals surface area contributed by atoms with Gasteiger partial charge in [0.25, 0.3) is 0 Å². The second-order valence-electron chi connectivity index (χ2n) is 4.85. The molecule has 0 amide bonds. The van der Waals surface area contributed by atoms with Crippen molar-refractivity contribution in [2.24, 2.45) is 17.0 Å². The smallest absolute Gasteiger partial charge is 0.228 e. The van der Waals surface area contributed by atoms with Crippen LogP contribution in [0.2, 0.25) is 0 Å². The number of hydrogen-bond acceptors (Lipinski definition) is 2. The van der Waals surface area contributed by atoms with Gasteiger partial charge >= 0.3 is 0 Å². The standard InChI is InChI=1S/C15H18N4S/c1-18-11-12-20-15(18)17-14(19-9-5-6-10-19)16-13-7-3-2-4-8-13/h2-4,7-8,11-12H,5-6,9-10H2,1H3/b16-14-,17-15+. The number of para-hydroxylation sites is 1. The molecule has 104 valence electrons. The van der Waals surface area contributed by atoms with Crippen molar-refractivity contribution in [1.29, 1.82) is 0 Å². The topological polar surface area (TPSA) is 32.9 Å². The van der Waals surface area contributed by atoms with Gasteiger partial charge in [-0.1, -0.05) is 18.2 Å². The van der Waals surface area contributed by atoms with E-state index < -0.39 is 0 Å². The minimum Gasteiger partial charge on any atom is -0.341 e. The zero-order valence-electron chi connectivity index (χ0n) is 11.6. The van der Waals surface area contributed by atoms with Gasteiger partial charge in [0, 0.05) is 31.7 Å². The number of rotatable bonds is 1. The van der Waals surface area contributed by atoms with Crippen LogP contribution in [0.3, 0.4) is 0 Å². The monoisotopic (exact) mass is 286 g/mol. The average molecular weight is 286 g/mol. The number of thiazole rings is 1. The highest BCUT2D eigenvalue weighted by Crippen LogP contribution is 2.15. The summed E-state index contributed by atoms with van der Waals surface area (Å²) in [5, 5.41) is 2.04. The number of hydrogen-bond donors (Lipinski definition) is 0. The predicted octanol–water partition coefficient (Wildman–Crippen LogP) is 2.77. The highest BCUT2D eigenvalue weighted by Gasteiger charge is 2.16. The molecule has 4 nitrogen and oxygen atoms in total. The van der Waals surface area contributed by atoms with Crippen molar-refractivity contribution in [2.75, 3.05) is 13.1 Å². The van der Waals surface area contributed by atoms with Crippen LogP contribution in [0.1, 0.15) is 12.8 Å². The first kappa shape index (κ1) is 13.1. The van der Waals surface area contributed by atoms with Crippen LogP contribution in [0.25, 0.3) is 0 Å². The van der Waals surface area contributed by atoms with Gasteiger partial charge < -0.3 is 9.47 Å². The van der Waals surface area contributed by atoms with Crippen LogP contribution in [0, 0.1) is 0 Å². The number of aryl methyl sites for hydroxylation is 1. The lowest BCUT2D eigenvalue weighted by Gasteiger charge is -2.15. The highest BCUT2D eigenvalue weighted by molar-refractivity contribution is 7.07. The summed E-state index contributed by atoms with van der Waals surface area (Å²) in [5.41, 5.74) is 0.956. The first-order valence-corrected chi connectivity index (χ1v) is 7.74. The highest BCUT2D eigenvalue weighted by atomic mass is 32.1. The van der Waals surface area contributed by atoms with Crippen molar-refractivity contribution in [3.63, 3.8) is 0 Å². The van der Waals surface area contributed by atoms with Gasteiger partial charge in [0.15, 0.2) is 4.80 Å². The first-order valence-electron chi connectivity index (χ1n) is 6.86. The van der Waals surface area contributed by atoms with Crippen molar-refractivity contribution < 1.29 is 0 Å². The summed E-state index contributed by atoms with van der Waals surface area (Å²) in [5.74, 6) is 0.826. The maximum absolute atomic E-state index is 4.75. The summed E-state index contributed by atoms with van der Waals surface area (Å²) in [6, 6.07) is 10.0. The molecule has 1 aliphatic rings. The Bertz CT molecular complexity index is 648. The van der Waals surface area contributed by atoms with Gasteiger partial charge in [0.2, 0.25) is 5.96 Å². The molecule has 0 atom stereocenters. The Labute approximate surface area is 122 Å². The zero-order valence-corrected chi connectivity index (χ0v) is 12.4. The molecule has 2 heterocycles. The van der Waals surface area contributed by atoms with E-state index in [4.69, 9.17) is 9.98 Å². The number of aromatic nitrogens is 1. The van der Waals surface area contributed by atoms with Gasteiger partial charge in [0.05, 0.1) is 5.69 Å². The molecule has 0 aliphatic carbocycles. The summed E-state index contributed by atoms with van der Waals surface area (Å²) in [4.78, 5) is 12.7. The normalized spacial score (nSPS) is 16.9. The second-order valence-corrected chi connectivity index (χ2v) is 5.72. The van der Waals surface area contributed by atoms with E-state index in [-0.39, 0.29) is 0 Å². The molecule has 0 bridgehead atoms. The Balaban J connectivity index is 2.00. The van der Waals surface area contributed by atoms with E-state index in [2.05, 4.69) is 4.90 Å². The molecule has 1 aromatic heterocycles. The Hall–Kier alpha value is -1.88. The van der Waals surface area contributed by atoms with Crippen LogP contribution in [0.4, 0.5) is 5.69 Å². The van der Waals surface area contributed by atoms with Gasteiger partial charge in [-0.25, -0.2) is 4.99 Å². The molecule has 2 aromatic rings. The number of benzene rings is 1. The molecular formula is C15H18N4S.